The lowest BCUT2D eigenvalue weighted by Crippen LogP contribution is -2.19. The van der Waals surface area contributed by atoms with E-state index in [1.807, 2.05) is 6.92 Å². The molecule has 0 unspecified atom stereocenters. The van der Waals surface area contributed by atoms with Gasteiger partial charge in [0.15, 0.2) is 11.6 Å². The summed E-state index contributed by atoms with van der Waals surface area (Å²) in [5, 5.41) is 10.1. The van der Waals surface area contributed by atoms with Crippen molar-refractivity contribution in [1.82, 2.24) is 0 Å². The number of hydrogen-bond acceptors (Lipinski definition) is 3. The Morgan fingerprint density at radius 1 is 1.28 bits per heavy atom. The van der Waals surface area contributed by atoms with Crippen LogP contribution in [0.3, 0.4) is 0 Å². The maximum Gasteiger partial charge on any atom is 0.346 e. The summed E-state index contributed by atoms with van der Waals surface area (Å²) in [4.78, 5) is 11.7. The SMILES string of the molecule is C[C@H]1CCc2cc(-c3c(C(=O)O)sc4cc(F)ccc34)cc(F)c2O1. The van der Waals surface area contributed by atoms with Crippen LogP contribution in [0.5, 0.6) is 5.75 Å². The van der Waals surface area contributed by atoms with E-state index in [0.29, 0.717) is 27.6 Å². The average molecular weight is 360 g/mol. The number of fused-ring (bicyclic) bond motifs is 2. The normalized spacial score (nSPS) is 16.5. The quantitative estimate of drug-likeness (QED) is 0.678. The van der Waals surface area contributed by atoms with Gasteiger partial charge in [0.05, 0.1) is 6.10 Å². The van der Waals surface area contributed by atoms with Crippen LogP contribution in [0.4, 0.5) is 8.78 Å². The number of rotatable bonds is 2. The smallest absolute Gasteiger partial charge is 0.346 e. The second kappa shape index (κ2) is 5.81. The molecule has 128 valence electrons. The molecule has 0 radical (unpaired) electrons. The topological polar surface area (TPSA) is 46.5 Å². The molecular weight excluding hydrogens is 346 g/mol. The van der Waals surface area contributed by atoms with Gasteiger partial charge in [-0.3, -0.25) is 0 Å². The van der Waals surface area contributed by atoms with E-state index in [9.17, 15) is 18.7 Å². The molecule has 0 amide bonds. The molecule has 0 fully saturated rings. The van der Waals surface area contributed by atoms with E-state index in [2.05, 4.69) is 0 Å². The van der Waals surface area contributed by atoms with Gasteiger partial charge in [-0.2, -0.15) is 0 Å². The van der Waals surface area contributed by atoms with Gasteiger partial charge >= 0.3 is 5.97 Å². The molecule has 0 saturated carbocycles. The van der Waals surface area contributed by atoms with Gasteiger partial charge in [0.2, 0.25) is 0 Å². The summed E-state index contributed by atoms with van der Waals surface area (Å²) >= 11 is 0.991. The molecule has 25 heavy (non-hydrogen) atoms. The average Bonchev–Trinajstić information content (AvgIpc) is 2.94. The van der Waals surface area contributed by atoms with Crippen LogP contribution in [0.2, 0.25) is 0 Å². The van der Waals surface area contributed by atoms with Gasteiger partial charge in [0.1, 0.15) is 10.7 Å². The van der Waals surface area contributed by atoms with E-state index in [0.717, 1.165) is 23.3 Å². The molecule has 2 aromatic carbocycles. The minimum atomic E-state index is -1.11. The van der Waals surface area contributed by atoms with Crippen LogP contribution in [0.15, 0.2) is 30.3 Å². The first-order chi connectivity index (χ1) is 11.9. The maximum absolute atomic E-state index is 14.6. The number of ether oxygens (including phenoxy) is 1. The first-order valence-electron chi connectivity index (χ1n) is 7.89. The number of hydrogen-bond donors (Lipinski definition) is 1. The molecular formula is C19H14F2O3S. The predicted molar refractivity (Wildman–Crippen MR) is 92.5 cm³/mol. The Hall–Kier alpha value is -2.47. The van der Waals surface area contributed by atoms with E-state index in [1.165, 1.54) is 18.2 Å². The van der Waals surface area contributed by atoms with Gasteiger partial charge in [-0.1, -0.05) is 0 Å². The van der Waals surface area contributed by atoms with E-state index < -0.39 is 17.6 Å². The number of carboxylic acid groups (broad SMARTS) is 1. The zero-order valence-electron chi connectivity index (χ0n) is 13.3. The summed E-state index contributed by atoms with van der Waals surface area (Å²) < 4.78 is 34.2. The predicted octanol–water partition coefficient (Wildman–Crippen LogP) is 5.26. The molecule has 2 heterocycles. The van der Waals surface area contributed by atoms with Crippen molar-refractivity contribution >= 4 is 27.4 Å². The van der Waals surface area contributed by atoms with Crippen LogP contribution in [0.25, 0.3) is 21.2 Å². The number of carbonyl (C=O) groups is 1. The number of benzene rings is 2. The molecule has 1 aliphatic rings. The number of aryl methyl sites for hydroxylation is 1. The Labute approximate surface area is 146 Å². The molecule has 0 aliphatic carbocycles. The Bertz CT molecular complexity index is 1010. The standard InChI is InChI=1S/C19H14F2O3S/c1-9-2-3-10-6-11(7-14(21)17(10)24-9)16-13-5-4-12(20)8-15(13)25-18(16)19(22)23/h4-9H,2-3H2,1H3,(H,22,23)/t9-/m0/s1. The third-order valence-electron chi connectivity index (χ3n) is 4.39. The van der Waals surface area contributed by atoms with Gasteiger partial charge < -0.3 is 9.84 Å². The molecule has 1 atom stereocenters. The van der Waals surface area contributed by atoms with Crippen molar-refractivity contribution in [3.8, 4) is 16.9 Å². The van der Waals surface area contributed by atoms with Gasteiger partial charge in [-0.25, -0.2) is 13.6 Å². The Balaban J connectivity index is 1.97. The number of halogens is 2. The number of thiophene rings is 1. The van der Waals surface area contributed by atoms with Gasteiger partial charge in [0, 0.05) is 15.6 Å². The summed E-state index contributed by atoms with van der Waals surface area (Å²) in [6, 6.07) is 7.20. The highest BCUT2D eigenvalue weighted by atomic mass is 32.1. The summed E-state index contributed by atoms with van der Waals surface area (Å²) in [6.07, 6.45) is 1.39. The number of carboxylic acids is 1. The van der Waals surface area contributed by atoms with Crippen LogP contribution in [0, 0.1) is 11.6 Å². The second-order valence-electron chi connectivity index (χ2n) is 6.17. The molecule has 1 aromatic heterocycles. The van der Waals surface area contributed by atoms with Crippen molar-refractivity contribution < 1.29 is 23.4 Å². The van der Waals surface area contributed by atoms with Crippen LogP contribution in [-0.4, -0.2) is 17.2 Å². The van der Waals surface area contributed by atoms with Crippen molar-refractivity contribution in [1.29, 1.82) is 0 Å². The first-order valence-corrected chi connectivity index (χ1v) is 8.70. The van der Waals surface area contributed by atoms with E-state index >= 15 is 0 Å². The van der Waals surface area contributed by atoms with Crippen molar-refractivity contribution in [2.75, 3.05) is 0 Å². The van der Waals surface area contributed by atoms with E-state index in [-0.39, 0.29) is 16.7 Å². The lowest BCUT2D eigenvalue weighted by Gasteiger charge is -2.24. The highest BCUT2D eigenvalue weighted by Gasteiger charge is 2.25. The van der Waals surface area contributed by atoms with E-state index in [4.69, 9.17) is 4.74 Å². The summed E-state index contributed by atoms with van der Waals surface area (Å²) in [6.45, 7) is 1.89. The lowest BCUT2D eigenvalue weighted by atomic mass is 9.95. The summed E-state index contributed by atoms with van der Waals surface area (Å²) in [5.74, 6) is -1.81. The molecule has 0 spiro atoms. The van der Waals surface area contributed by atoms with Crippen LogP contribution in [-0.2, 0) is 6.42 Å². The highest BCUT2D eigenvalue weighted by molar-refractivity contribution is 7.21. The Morgan fingerprint density at radius 2 is 2.08 bits per heavy atom. The molecule has 3 nitrogen and oxygen atoms in total. The largest absolute Gasteiger partial charge is 0.487 e. The van der Waals surface area contributed by atoms with E-state index in [1.54, 1.807) is 12.1 Å². The van der Waals surface area contributed by atoms with Crippen molar-refractivity contribution in [2.45, 2.75) is 25.9 Å². The first kappa shape index (κ1) is 16.0. The monoisotopic (exact) mass is 360 g/mol. The van der Waals surface area contributed by atoms with Crippen molar-refractivity contribution in [3.63, 3.8) is 0 Å². The van der Waals surface area contributed by atoms with Crippen LogP contribution < -0.4 is 4.74 Å². The molecule has 4 rings (SSSR count). The molecule has 1 N–H and O–H groups in total. The zero-order chi connectivity index (χ0) is 17.7. The van der Waals surface area contributed by atoms with Gasteiger partial charge in [-0.05, 0) is 61.2 Å². The molecule has 0 saturated heterocycles. The molecule has 1 aliphatic heterocycles. The zero-order valence-corrected chi connectivity index (χ0v) is 14.1. The summed E-state index contributed by atoms with van der Waals surface area (Å²) in [5.41, 5.74) is 1.63. The van der Waals surface area contributed by atoms with Crippen molar-refractivity contribution in [2.24, 2.45) is 0 Å². The van der Waals surface area contributed by atoms with Crippen molar-refractivity contribution in [3.05, 3.63) is 52.4 Å². The Morgan fingerprint density at radius 3 is 2.84 bits per heavy atom. The van der Waals surface area contributed by atoms with Crippen LogP contribution in [0.1, 0.15) is 28.6 Å². The summed E-state index contributed by atoms with van der Waals surface area (Å²) in [7, 11) is 0. The Kier molecular flexibility index (Phi) is 3.72. The second-order valence-corrected chi connectivity index (χ2v) is 7.22. The molecule has 0 bridgehead atoms. The third kappa shape index (κ3) is 2.66. The molecule has 3 aromatic rings. The minimum absolute atomic E-state index is 0.0487. The lowest BCUT2D eigenvalue weighted by molar-refractivity contribution is 0.0703. The maximum atomic E-state index is 14.6. The highest BCUT2D eigenvalue weighted by Crippen LogP contribution is 2.42. The fraction of sp³-hybridized carbons (Fsp3) is 0.211. The third-order valence-corrected chi connectivity index (χ3v) is 5.54. The van der Waals surface area contributed by atoms with Gasteiger partial charge in [0.25, 0.3) is 0 Å². The minimum Gasteiger partial charge on any atom is -0.487 e. The fourth-order valence-corrected chi connectivity index (χ4v) is 4.33. The van der Waals surface area contributed by atoms with Gasteiger partial charge in [-0.15, -0.1) is 11.3 Å². The molecule has 6 heteroatoms. The fourth-order valence-electron chi connectivity index (χ4n) is 3.24. The van der Waals surface area contributed by atoms with Crippen LogP contribution >= 0.6 is 11.3 Å². The number of aromatic carboxylic acids is 1.